The molecular formula is C12H23Cl. The van der Waals surface area contributed by atoms with E-state index in [1.807, 2.05) is 0 Å². The van der Waals surface area contributed by atoms with E-state index >= 15 is 0 Å². The van der Waals surface area contributed by atoms with E-state index in [0.717, 1.165) is 0 Å². The number of hydrogen-bond donors (Lipinski definition) is 0. The van der Waals surface area contributed by atoms with Crippen LogP contribution < -0.4 is 0 Å². The molecule has 0 radical (unpaired) electrons. The van der Waals surface area contributed by atoms with E-state index < -0.39 is 0 Å². The summed E-state index contributed by atoms with van der Waals surface area (Å²) in [7, 11) is 0. The van der Waals surface area contributed by atoms with E-state index in [9.17, 15) is 0 Å². The van der Waals surface area contributed by atoms with Crippen LogP contribution >= 0.6 is 11.6 Å². The lowest BCUT2D eigenvalue weighted by molar-refractivity contribution is 0.598. The third kappa shape index (κ3) is 9.95. The topological polar surface area (TPSA) is 0 Å². The predicted octanol–water partition coefficient (Wildman–Crippen LogP) is 4.92. The van der Waals surface area contributed by atoms with E-state index in [1.165, 1.54) is 44.9 Å². The van der Waals surface area contributed by atoms with Gasteiger partial charge < -0.3 is 0 Å². The number of rotatable bonds is 8. The zero-order valence-electron chi connectivity index (χ0n) is 9.06. The van der Waals surface area contributed by atoms with Crippen LogP contribution in [0.1, 0.15) is 58.8 Å². The van der Waals surface area contributed by atoms with Crippen LogP contribution in [-0.4, -0.2) is 5.38 Å². The highest BCUT2D eigenvalue weighted by atomic mass is 35.5. The first-order chi connectivity index (χ1) is 6.31. The fourth-order valence-corrected chi connectivity index (χ4v) is 1.80. The molecule has 0 aromatic heterocycles. The number of unbranched alkanes of at least 4 members (excludes halogenated alkanes) is 3. The highest BCUT2D eigenvalue weighted by molar-refractivity contribution is 6.20. The number of halogens is 1. The molecule has 0 spiro atoms. The lowest BCUT2D eigenvalue weighted by Crippen LogP contribution is -1.96. The van der Waals surface area contributed by atoms with Crippen LogP contribution in [0, 0.1) is 0 Å². The van der Waals surface area contributed by atoms with Gasteiger partial charge in [0, 0.05) is 5.38 Å². The Balaban J connectivity index is 3.06. The standard InChI is InChI=1S/C12H23Cl/c1-3-5-6-7-8-9-11-12(13)10-4-2/h3,5,12H,4,6-11H2,1-2H3. The van der Waals surface area contributed by atoms with Gasteiger partial charge in [0.25, 0.3) is 0 Å². The van der Waals surface area contributed by atoms with Gasteiger partial charge in [-0.2, -0.15) is 0 Å². The zero-order chi connectivity index (χ0) is 9.94. The molecule has 0 heterocycles. The van der Waals surface area contributed by atoms with Gasteiger partial charge in [0.15, 0.2) is 0 Å². The van der Waals surface area contributed by atoms with Gasteiger partial charge in [-0.25, -0.2) is 0 Å². The van der Waals surface area contributed by atoms with Crippen molar-refractivity contribution in [1.82, 2.24) is 0 Å². The molecule has 0 nitrogen and oxygen atoms in total. The smallest absolute Gasteiger partial charge is 0.0336 e. The molecule has 0 aliphatic carbocycles. The molecule has 0 aliphatic rings. The van der Waals surface area contributed by atoms with Gasteiger partial charge in [-0.1, -0.05) is 38.3 Å². The van der Waals surface area contributed by atoms with Crippen molar-refractivity contribution in [1.29, 1.82) is 0 Å². The van der Waals surface area contributed by atoms with Crippen LogP contribution in [0.3, 0.4) is 0 Å². The minimum atomic E-state index is 0.423. The molecule has 0 N–H and O–H groups in total. The Labute approximate surface area is 88.4 Å². The van der Waals surface area contributed by atoms with Gasteiger partial charge >= 0.3 is 0 Å². The first-order valence-electron chi connectivity index (χ1n) is 5.56. The molecule has 78 valence electrons. The lowest BCUT2D eigenvalue weighted by Gasteiger charge is -2.06. The fourth-order valence-electron chi connectivity index (χ4n) is 1.43. The summed E-state index contributed by atoms with van der Waals surface area (Å²) in [5.41, 5.74) is 0. The van der Waals surface area contributed by atoms with Gasteiger partial charge in [-0.05, 0) is 32.6 Å². The molecule has 0 aromatic rings. The van der Waals surface area contributed by atoms with Crippen LogP contribution in [0.2, 0.25) is 0 Å². The minimum absolute atomic E-state index is 0.423. The maximum absolute atomic E-state index is 6.11. The Bertz CT molecular complexity index is 118. The van der Waals surface area contributed by atoms with Crippen LogP contribution in [0.25, 0.3) is 0 Å². The van der Waals surface area contributed by atoms with Crippen molar-refractivity contribution in [3.05, 3.63) is 12.2 Å². The maximum Gasteiger partial charge on any atom is 0.0336 e. The van der Waals surface area contributed by atoms with Crippen molar-refractivity contribution in [2.75, 3.05) is 0 Å². The van der Waals surface area contributed by atoms with Gasteiger partial charge in [0.05, 0.1) is 0 Å². The molecule has 0 saturated heterocycles. The van der Waals surface area contributed by atoms with E-state index in [-0.39, 0.29) is 0 Å². The highest BCUT2D eigenvalue weighted by Crippen LogP contribution is 2.14. The Morgan fingerprint density at radius 1 is 1.15 bits per heavy atom. The summed E-state index contributed by atoms with van der Waals surface area (Å²) in [5.74, 6) is 0. The molecule has 0 fully saturated rings. The molecule has 0 saturated carbocycles. The van der Waals surface area contributed by atoms with Gasteiger partial charge in [-0.3, -0.25) is 0 Å². The average Bonchev–Trinajstić information content (AvgIpc) is 2.11. The molecule has 0 bridgehead atoms. The van der Waals surface area contributed by atoms with Crippen molar-refractivity contribution in [2.24, 2.45) is 0 Å². The fraction of sp³-hybridized carbons (Fsp3) is 0.833. The summed E-state index contributed by atoms with van der Waals surface area (Å²) >= 11 is 6.11. The monoisotopic (exact) mass is 202 g/mol. The molecule has 0 aliphatic heterocycles. The normalized spacial score (nSPS) is 13.8. The summed E-state index contributed by atoms with van der Waals surface area (Å²) < 4.78 is 0. The molecule has 1 atom stereocenters. The van der Waals surface area contributed by atoms with Crippen molar-refractivity contribution in [3.8, 4) is 0 Å². The Morgan fingerprint density at radius 2 is 1.92 bits per heavy atom. The summed E-state index contributed by atoms with van der Waals surface area (Å²) in [6, 6.07) is 0. The van der Waals surface area contributed by atoms with E-state index in [0.29, 0.717) is 5.38 Å². The minimum Gasteiger partial charge on any atom is -0.123 e. The molecule has 1 heteroatoms. The second kappa shape index (κ2) is 10.1. The second-order valence-corrected chi connectivity index (χ2v) is 4.21. The van der Waals surface area contributed by atoms with Crippen molar-refractivity contribution >= 4 is 11.6 Å². The maximum atomic E-state index is 6.11. The van der Waals surface area contributed by atoms with Crippen LogP contribution in [-0.2, 0) is 0 Å². The van der Waals surface area contributed by atoms with Crippen molar-refractivity contribution < 1.29 is 0 Å². The third-order valence-corrected chi connectivity index (χ3v) is 2.66. The molecule has 0 amide bonds. The molecule has 1 unspecified atom stereocenters. The largest absolute Gasteiger partial charge is 0.123 e. The average molecular weight is 203 g/mol. The number of hydrogen-bond acceptors (Lipinski definition) is 0. The Hall–Kier alpha value is 0.0300. The number of allylic oxidation sites excluding steroid dienone is 2. The quantitative estimate of drug-likeness (QED) is 0.298. The van der Waals surface area contributed by atoms with E-state index in [1.54, 1.807) is 0 Å². The Morgan fingerprint density at radius 3 is 2.54 bits per heavy atom. The van der Waals surface area contributed by atoms with E-state index in [2.05, 4.69) is 26.0 Å². The van der Waals surface area contributed by atoms with Crippen LogP contribution in [0.4, 0.5) is 0 Å². The first-order valence-corrected chi connectivity index (χ1v) is 6.00. The van der Waals surface area contributed by atoms with Crippen LogP contribution in [0.15, 0.2) is 12.2 Å². The second-order valence-electron chi connectivity index (χ2n) is 3.59. The van der Waals surface area contributed by atoms with Gasteiger partial charge in [-0.15, -0.1) is 11.6 Å². The first kappa shape index (κ1) is 13.0. The van der Waals surface area contributed by atoms with Crippen molar-refractivity contribution in [2.45, 2.75) is 64.2 Å². The lowest BCUT2D eigenvalue weighted by atomic mass is 10.1. The molecule has 0 rings (SSSR count). The number of alkyl halides is 1. The van der Waals surface area contributed by atoms with Gasteiger partial charge in [0.1, 0.15) is 0 Å². The highest BCUT2D eigenvalue weighted by Gasteiger charge is 2.01. The summed E-state index contributed by atoms with van der Waals surface area (Å²) in [4.78, 5) is 0. The van der Waals surface area contributed by atoms with Crippen molar-refractivity contribution in [3.63, 3.8) is 0 Å². The van der Waals surface area contributed by atoms with Crippen LogP contribution in [0.5, 0.6) is 0 Å². The zero-order valence-corrected chi connectivity index (χ0v) is 9.82. The molecular weight excluding hydrogens is 180 g/mol. The third-order valence-electron chi connectivity index (χ3n) is 2.23. The van der Waals surface area contributed by atoms with E-state index in [4.69, 9.17) is 11.6 Å². The predicted molar refractivity (Wildman–Crippen MR) is 62.4 cm³/mol. The molecule has 0 aromatic carbocycles. The Kier molecular flexibility index (Phi) is 10.1. The SMILES string of the molecule is CC=CCCCCCC(Cl)CCC. The summed E-state index contributed by atoms with van der Waals surface area (Å²) in [5, 5.41) is 0.423. The molecule has 13 heavy (non-hydrogen) atoms. The van der Waals surface area contributed by atoms with Gasteiger partial charge in [0.2, 0.25) is 0 Å². The summed E-state index contributed by atoms with van der Waals surface area (Å²) in [6.45, 7) is 4.28. The summed E-state index contributed by atoms with van der Waals surface area (Å²) in [6.07, 6.45) is 13.1.